The zero-order chi connectivity index (χ0) is 12.8. The van der Waals surface area contributed by atoms with Crippen LogP contribution in [0, 0.1) is 0 Å². The van der Waals surface area contributed by atoms with Crippen molar-refractivity contribution >= 4 is 5.91 Å². The van der Waals surface area contributed by atoms with Gasteiger partial charge in [0, 0.05) is 45.8 Å². The van der Waals surface area contributed by atoms with Crippen molar-refractivity contribution < 1.29 is 4.79 Å². The van der Waals surface area contributed by atoms with E-state index in [0.717, 1.165) is 45.7 Å². The molecule has 2 N–H and O–H groups in total. The normalized spacial score (nSPS) is 26.9. The molecule has 0 aromatic carbocycles. The minimum Gasteiger partial charge on any atom is -0.351 e. The van der Waals surface area contributed by atoms with Crippen LogP contribution in [0.1, 0.15) is 6.42 Å². The standard InChI is InChI=1S/C13H24N4O/c1-16-8-10-17(11-9-16)7-6-14-12-4-2-3-5-15-13(12)18/h2-3,12,14H,4-11H2,1H3,(H,15,18)/t12-/m1/s1. The Morgan fingerprint density at radius 1 is 1.33 bits per heavy atom. The van der Waals surface area contributed by atoms with Crippen LogP contribution in [-0.2, 0) is 4.79 Å². The summed E-state index contributed by atoms with van der Waals surface area (Å²) in [6.45, 7) is 7.13. The Balaban J connectivity index is 1.65. The van der Waals surface area contributed by atoms with E-state index in [9.17, 15) is 4.79 Å². The van der Waals surface area contributed by atoms with E-state index in [-0.39, 0.29) is 11.9 Å². The van der Waals surface area contributed by atoms with E-state index in [0.29, 0.717) is 6.54 Å². The molecule has 0 aliphatic carbocycles. The minimum absolute atomic E-state index is 0.0591. The Morgan fingerprint density at radius 3 is 2.89 bits per heavy atom. The van der Waals surface area contributed by atoms with Gasteiger partial charge in [-0.15, -0.1) is 0 Å². The van der Waals surface area contributed by atoms with Gasteiger partial charge in [0.1, 0.15) is 0 Å². The summed E-state index contributed by atoms with van der Waals surface area (Å²) in [7, 11) is 2.16. The summed E-state index contributed by atoms with van der Waals surface area (Å²) in [6, 6.07) is -0.0591. The Hall–Kier alpha value is -0.910. The summed E-state index contributed by atoms with van der Waals surface area (Å²) in [4.78, 5) is 16.5. The highest BCUT2D eigenvalue weighted by atomic mass is 16.2. The first-order valence-electron chi connectivity index (χ1n) is 6.83. The number of amides is 1. The molecule has 0 radical (unpaired) electrons. The van der Waals surface area contributed by atoms with Gasteiger partial charge in [-0.05, 0) is 13.5 Å². The van der Waals surface area contributed by atoms with E-state index in [1.807, 2.05) is 6.08 Å². The molecule has 0 unspecified atom stereocenters. The first-order valence-corrected chi connectivity index (χ1v) is 6.83. The van der Waals surface area contributed by atoms with Gasteiger partial charge in [-0.1, -0.05) is 12.2 Å². The van der Waals surface area contributed by atoms with Gasteiger partial charge in [0.2, 0.25) is 5.91 Å². The smallest absolute Gasteiger partial charge is 0.237 e. The van der Waals surface area contributed by atoms with Gasteiger partial charge in [-0.25, -0.2) is 0 Å². The molecule has 2 heterocycles. The van der Waals surface area contributed by atoms with Crippen molar-refractivity contribution in [3.63, 3.8) is 0 Å². The van der Waals surface area contributed by atoms with E-state index in [1.165, 1.54) is 0 Å². The number of likely N-dealkylation sites (N-methyl/N-ethyl adjacent to an activating group) is 1. The highest BCUT2D eigenvalue weighted by Gasteiger charge is 2.18. The molecule has 1 amide bonds. The summed E-state index contributed by atoms with van der Waals surface area (Å²) < 4.78 is 0. The van der Waals surface area contributed by atoms with Crippen molar-refractivity contribution in [2.24, 2.45) is 0 Å². The van der Waals surface area contributed by atoms with Crippen LogP contribution < -0.4 is 10.6 Å². The number of piperazine rings is 1. The molecule has 0 aromatic rings. The molecule has 5 nitrogen and oxygen atoms in total. The molecule has 0 spiro atoms. The van der Waals surface area contributed by atoms with E-state index in [2.05, 4.69) is 33.6 Å². The molecule has 0 saturated carbocycles. The molecular formula is C13H24N4O. The predicted molar refractivity (Wildman–Crippen MR) is 72.5 cm³/mol. The van der Waals surface area contributed by atoms with Crippen molar-refractivity contribution in [1.82, 2.24) is 20.4 Å². The molecule has 5 heteroatoms. The molecule has 2 aliphatic rings. The van der Waals surface area contributed by atoms with Crippen LogP contribution >= 0.6 is 0 Å². The SMILES string of the molecule is CN1CCN(CCN[C@@H]2CC=CCNC2=O)CC1. The van der Waals surface area contributed by atoms with Crippen molar-refractivity contribution in [2.45, 2.75) is 12.5 Å². The predicted octanol–water partition coefficient (Wildman–Crippen LogP) is -0.732. The summed E-state index contributed by atoms with van der Waals surface area (Å²) in [5, 5.41) is 6.23. The third-order valence-corrected chi connectivity index (χ3v) is 3.66. The van der Waals surface area contributed by atoms with Crippen LogP contribution in [0.25, 0.3) is 0 Å². The van der Waals surface area contributed by atoms with E-state index < -0.39 is 0 Å². The number of nitrogens with zero attached hydrogens (tertiary/aromatic N) is 2. The van der Waals surface area contributed by atoms with Crippen LogP contribution in [0.5, 0.6) is 0 Å². The molecule has 1 saturated heterocycles. The van der Waals surface area contributed by atoms with Crippen LogP contribution in [0.4, 0.5) is 0 Å². The van der Waals surface area contributed by atoms with Crippen molar-refractivity contribution in [3.8, 4) is 0 Å². The quantitative estimate of drug-likeness (QED) is 0.648. The highest BCUT2D eigenvalue weighted by Crippen LogP contribution is 2.00. The Bertz CT molecular complexity index is 297. The summed E-state index contributed by atoms with van der Waals surface area (Å²) in [6.07, 6.45) is 4.89. The summed E-state index contributed by atoms with van der Waals surface area (Å²) in [5.74, 6) is 0.123. The molecule has 0 bridgehead atoms. The number of hydrogen-bond donors (Lipinski definition) is 2. The topological polar surface area (TPSA) is 47.6 Å². The Labute approximate surface area is 109 Å². The van der Waals surface area contributed by atoms with Crippen molar-refractivity contribution in [3.05, 3.63) is 12.2 Å². The largest absolute Gasteiger partial charge is 0.351 e. The van der Waals surface area contributed by atoms with Gasteiger partial charge in [-0.2, -0.15) is 0 Å². The maximum Gasteiger partial charge on any atom is 0.237 e. The molecule has 0 aromatic heterocycles. The van der Waals surface area contributed by atoms with Crippen LogP contribution in [-0.4, -0.2) is 74.6 Å². The van der Waals surface area contributed by atoms with Gasteiger partial charge < -0.3 is 15.5 Å². The molecule has 2 aliphatic heterocycles. The Morgan fingerprint density at radius 2 is 2.11 bits per heavy atom. The van der Waals surface area contributed by atoms with Crippen molar-refractivity contribution in [1.29, 1.82) is 0 Å². The zero-order valence-electron chi connectivity index (χ0n) is 11.2. The molecule has 1 fully saturated rings. The average Bonchev–Trinajstić information content (AvgIpc) is 2.57. The lowest BCUT2D eigenvalue weighted by Gasteiger charge is -2.32. The van der Waals surface area contributed by atoms with E-state index in [4.69, 9.17) is 0 Å². The zero-order valence-corrected chi connectivity index (χ0v) is 11.2. The number of carbonyl (C=O) groups excluding carboxylic acids is 1. The fraction of sp³-hybridized carbons (Fsp3) is 0.769. The van der Waals surface area contributed by atoms with Gasteiger partial charge in [0.05, 0.1) is 6.04 Å². The molecule has 2 rings (SSSR count). The second kappa shape index (κ2) is 6.87. The fourth-order valence-electron chi connectivity index (χ4n) is 2.35. The average molecular weight is 252 g/mol. The lowest BCUT2D eigenvalue weighted by atomic mass is 10.2. The fourth-order valence-corrected chi connectivity index (χ4v) is 2.35. The number of rotatable bonds is 4. The number of nitrogens with one attached hydrogen (secondary N) is 2. The third kappa shape index (κ3) is 4.08. The van der Waals surface area contributed by atoms with Crippen LogP contribution in [0.3, 0.4) is 0 Å². The second-order valence-corrected chi connectivity index (χ2v) is 5.10. The lowest BCUT2D eigenvalue weighted by molar-refractivity contribution is -0.122. The van der Waals surface area contributed by atoms with Gasteiger partial charge >= 0.3 is 0 Å². The molecular weight excluding hydrogens is 228 g/mol. The van der Waals surface area contributed by atoms with Gasteiger partial charge in [-0.3, -0.25) is 9.69 Å². The first kappa shape index (κ1) is 13.5. The molecule has 102 valence electrons. The number of hydrogen-bond acceptors (Lipinski definition) is 4. The second-order valence-electron chi connectivity index (χ2n) is 5.10. The monoisotopic (exact) mass is 252 g/mol. The van der Waals surface area contributed by atoms with E-state index in [1.54, 1.807) is 0 Å². The first-order chi connectivity index (χ1) is 8.75. The summed E-state index contributed by atoms with van der Waals surface area (Å²) >= 11 is 0. The molecule has 1 atom stereocenters. The highest BCUT2D eigenvalue weighted by molar-refractivity contribution is 5.82. The third-order valence-electron chi connectivity index (χ3n) is 3.66. The van der Waals surface area contributed by atoms with Crippen molar-refractivity contribution in [2.75, 3.05) is 52.9 Å². The van der Waals surface area contributed by atoms with Crippen LogP contribution in [0.15, 0.2) is 12.2 Å². The molecule has 18 heavy (non-hydrogen) atoms. The maximum atomic E-state index is 11.7. The Kier molecular flexibility index (Phi) is 5.16. The van der Waals surface area contributed by atoms with Crippen LogP contribution in [0.2, 0.25) is 0 Å². The van der Waals surface area contributed by atoms with Gasteiger partial charge in [0.25, 0.3) is 0 Å². The summed E-state index contributed by atoms with van der Waals surface area (Å²) in [5.41, 5.74) is 0. The maximum absolute atomic E-state index is 11.7. The van der Waals surface area contributed by atoms with Gasteiger partial charge in [0.15, 0.2) is 0 Å². The van der Waals surface area contributed by atoms with E-state index >= 15 is 0 Å². The lowest BCUT2D eigenvalue weighted by Crippen LogP contribution is -2.49. The minimum atomic E-state index is -0.0591. The number of carbonyl (C=O) groups is 1.